The molecule has 156 valence electrons. The van der Waals surface area contributed by atoms with E-state index in [1.165, 1.54) is 5.56 Å². The quantitative estimate of drug-likeness (QED) is 0.578. The molecule has 0 saturated heterocycles. The van der Waals surface area contributed by atoms with Crippen LogP contribution in [0.25, 0.3) is 0 Å². The Balaban J connectivity index is 1.83. The van der Waals surface area contributed by atoms with Crippen molar-refractivity contribution in [2.45, 2.75) is 52.7 Å². The van der Waals surface area contributed by atoms with Crippen molar-refractivity contribution in [1.82, 2.24) is 10.2 Å². The minimum atomic E-state index is -0.115. The normalized spacial score (nSPS) is 11.0. The number of rotatable bonds is 11. The van der Waals surface area contributed by atoms with Gasteiger partial charge in [-0.2, -0.15) is 0 Å². The van der Waals surface area contributed by atoms with Crippen molar-refractivity contribution >= 4 is 11.7 Å². The molecule has 5 heteroatoms. The van der Waals surface area contributed by atoms with Crippen LogP contribution in [0.4, 0.5) is 0 Å². The Morgan fingerprint density at radius 2 is 1.66 bits per heavy atom. The smallest absolute Gasteiger partial charge is 0.220 e. The SMILES string of the molecule is CCOc1ccc(C(=O)CCC(=O)NCc2ccccc2CN(C)C(C)C)cc1. The van der Waals surface area contributed by atoms with Crippen molar-refractivity contribution < 1.29 is 14.3 Å². The molecule has 2 rings (SSSR count). The van der Waals surface area contributed by atoms with E-state index in [1.54, 1.807) is 24.3 Å². The molecule has 0 aliphatic rings. The Morgan fingerprint density at radius 1 is 1.00 bits per heavy atom. The number of amides is 1. The zero-order valence-corrected chi connectivity index (χ0v) is 17.9. The molecule has 5 nitrogen and oxygen atoms in total. The van der Waals surface area contributed by atoms with Gasteiger partial charge in [0.25, 0.3) is 0 Å². The first-order valence-corrected chi connectivity index (χ1v) is 10.2. The van der Waals surface area contributed by atoms with Gasteiger partial charge < -0.3 is 10.1 Å². The van der Waals surface area contributed by atoms with Gasteiger partial charge in [0, 0.05) is 37.5 Å². The van der Waals surface area contributed by atoms with E-state index in [4.69, 9.17) is 4.74 Å². The van der Waals surface area contributed by atoms with Gasteiger partial charge in [0.15, 0.2) is 5.78 Å². The zero-order valence-electron chi connectivity index (χ0n) is 17.9. The molecule has 0 fully saturated rings. The molecule has 0 saturated carbocycles. The third kappa shape index (κ3) is 7.35. The predicted molar refractivity (Wildman–Crippen MR) is 116 cm³/mol. The summed E-state index contributed by atoms with van der Waals surface area (Å²) in [5, 5.41) is 2.94. The summed E-state index contributed by atoms with van der Waals surface area (Å²) >= 11 is 0. The molecule has 0 unspecified atom stereocenters. The van der Waals surface area contributed by atoms with Gasteiger partial charge in [-0.05, 0) is 63.2 Å². The number of hydrogen-bond donors (Lipinski definition) is 1. The van der Waals surface area contributed by atoms with Gasteiger partial charge in [-0.15, -0.1) is 0 Å². The molecule has 0 atom stereocenters. The molecule has 0 aliphatic heterocycles. The van der Waals surface area contributed by atoms with Crippen molar-refractivity contribution in [2.75, 3.05) is 13.7 Å². The molecule has 0 bridgehead atoms. The van der Waals surface area contributed by atoms with E-state index >= 15 is 0 Å². The van der Waals surface area contributed by atoms with Crippen LogP contribution in [-0.2, 0) is 17.9 Å². The summed E-state index contributed by atoms with van der Waals surface area (Å²) in [7, 11) is 2.09. The lowest BCUT2D eigenvalue weighted by Crippen LogP contribution is -2.27. The third-order valence-corrected chi connectivity index (χ3v) is 4.96. The highest BCUT2D eigenvalue weighted by Gasteiger charge is 2.11. The number of ether oxygens (including phenoxy) is 1. The highest BCUT2D eigenvalue weighted by molar-refractivity contribution is 5.98. The van der Waals surface area contributed by atoms with Crippen molar-refractivity contribution in [3.8, 4) is 5.75 Å². The Bertz CT molecular complexity index is 800. The minimum Gasteiger partial charge on any atom is -0.494 e. The maximum atomic E-state index is 12.3. The lowest BCUT2D eigenvalue weighted by atomic mass is 10.1. The second kappa shape index (κ2) is 11.4. The first kappa shape index (κ1) is 22.6. The Kier molecular flexibility index (Phi) is 8.87. The number of hydrogen-bond acceptors (Lipinski definition) is 4. The van der Waals surface area contributed by atoms with Gasteiger partial charge in [0.1, 0.15) is 5.75 Å². The predicted octanol–water partition coefficient (Wildman–Crippen LogP) is 4.20. The van der Waals surface area contributed by atoms with Crippen LogP contribution in [0.15, 0.2) is 48.5 Å². The fourth-order valence-corrected chi connectivity index (χ4v) is 2.89. The molecule has 1 N–H and O–H groups in total. The fourth-order valence-electron chi connectivity index (χ4n) is 2.89. The van der Waals surface area contributed by atoms with E-state index in [0.717, 1.165) is 17.9 Å². The average Bonchev–Trinajstić information content (AvgIpc) is 2.72. The minimum absolute atomic E-state index is 0.0397. The van der Waals surface area contributed by atoms with Crippen LogP contribution in [0.5, 0.6) is 5.75 Å². The molecule has 2 aromatic carbocycles. The molecule has 0 radical (unpaired) electrons. The van der Waals surface area contributed by atoms with Crippen molar-refractivity contribution in [1.29, 1.82) is 0 Å². The molecule has 0 spiro atoms. The number of Topliss-reactive ketones (excluding diaryl/α,β-unsaturated/α-hetero) is 1. The molecule has 0 aliphatic carbocycles. The Morgan fingerprint density at radius 3 is 2.28 bits per heavy atom. The standard InChI is InChI=1S/C24H32N2O3/c1-5-29-22-12-10-19(11-13-22)23(27)14-15-24(28)25-16-20-8-6-7-9-21(20)17-26(4)18(2)3/h6-13,18H,5,14-17H2,1-4H3,(H,25,28). The zero-order chi connectivity index (χ0) is 21.2. The van der Waals surface area contributed by atoms with Crippen molar-refractivity contribution in [2.24, 2.45) is 0 Å². The number of nitrogens with zero attached hydrogens (tertiary/aromatic N) is 1. The molecular weight excluding hydrogens is 364 g/mol. The first-order chi connectivity index (χ1) is 13.9. The van der Waals surface area contributed by atoms with E-state index in [0.29, 0.717) is 24.8 Å². The van der Waals surface area contributed by atoms with Crippen LogP contribution in [-0.4, -0.2) is 36.3 Å². The van der Waals surface area contributed by atoms with Gasteiger partial charge in [0.2, 0.25) is 5.91 Å². The summed E-state index contributed by atoms with van der Waals surface area (Å²) in [4.78, 5) is 26.8. The van der Waals surface area contributed by atoms with E-state index in [9.17, 15) is 9.59 Å². The van der Waals surface area contributed by atoms with Gasteiger partial charge in [-0.25, -0.2) is 0 Å². The lowest BCUT2D eigenvalue weighted by molar-refractivity contribution is -0.121. The highest BCUT2D eigenvalue weighted by atomic mass is 16.5. The molecule has 2 aromatic rings. The van der Waals surface area contributed by atoms with E-state index in [-0.39, 0.29) is 24.5 Å². The molecule has 0 aromatic heterocycles. The van der Waals surface area contributed by atoms with Crippen LogP contribution in [0.1, 0.15) is 55.1 Å². The van der Waals surface area contributed by atoms with Gasteiger partial charge in [-0.1, -0.05) is 24.3 Å². The lowest BCUT2D eigenvalue weighted by Gasteiger charge is -2.22. The van der Waals surface area contributed by atoms with E-state index in [2.05, 4.69) is 37.2 Å². The van der Waals surface area contributed by atoms with Crippen molar-refractivity contribution in [3.63, 3.8) is 0 Å². The van der Waals surface area contributed by atoms with Gasteiger partial charge in [-0.3, -0.25) is 14.5 Å². The van der Waals surface area contributed by atoms with Crippen molar-refractivity contribution in [3.05, 3.63) is 65.2 Å². The summed E-state index contributed by atoms with van der Waals surface area (Å²) in [6.45, 7) is 8.12. The summed E-state index contributed by atoms with van der Waals surface area (Å²) in [6, 6.07) is 15.6. The summed E-state index contributed by atoms with van der Waals surface area (Å²) < 4.78 is 5.38. The third-order valence-electron chi connectivity index (χ3n) is 4.96. The monoisotopic (exact) mass is 396 g/mol. The first-order valence-electron chi connectivity index (χ1n) is 10.2. The topological polar surface area (TPSA) is 58.6 Å². The number of carbonyl (C=O) groups excluding carboxylic acids is 2. The molecule has 1 amide bonds. The molecular formula is C24H32N2O3. The van der Waals surface area contributed by atoms with E-state index in [1.807, 2.05) is 25.1 Å². The van der Waals surface area contributed by atoms with Gasteiger partial charge in [0.05, 0.1) is 6.61 Å². The number of carbonyl (C=O) groups is 2. The van der Waals surface area contributed by atoms with Crippen LogP contribution < -0.4 is 10.1 Å². The van der Waals surface area contributed by atoms with Crippen LogP contribution >= 0.6 is 0 Å². The fraction of sp³-hybridized carbons (Fsp3) is 0.417. The molecule has 0 heterocycles. The summed E-state index contributed by atoms with van der Waals surface area (Å²) in [5.74, 6) is 0.585. The number of ketones is 1. The summed E-state index contributed by atoms with van der Waals surface area (Å²) in [6.07, 6.45) is 0.373. The maximum absolute atomic E-state index is 12.3. The van der Waals surface area contributed by atoms with E-state index < -0.39 is 0 Å². The number of nitrogens with one attached hydrogen (secondary N) is 1. The number of benzene rings is 2. The molecule has 29 heavy (non-hydrogen) atoms. The summed E-state index contributed by atoms with van der Waals surface area (Å²) in [5.41, 5.74) is 2.91. The second-order valence-corrected chi connectivity index (χ2v) is 7.43. The largest absolute Gasteiger partial charge is 0.494 e. The van der Waals surface area contributed by atoms with Crippen LogP contribution in [0.2, 0.25) is 0 Å². The van der Waals surface area contributed by atoms with Crippen LogP contribution in [0, 0.1) is 0 Å². The van der Waals surface area contributed by atoms with Crippen LogP contribution in [0.3, 0.4) is 0 Å². The maximum Gasteiger partial charge on any atom is 0.220 e. The Hall–Kier alpha value is -2.66. The second-order valence-electron chi connectivity index (χ2n) is 7.43. The Labute approximate surface area is 174 Å². The highest BCUT2D eigenvalue weighted by Crippen LogP contribution is 2.15. The average molecular weight is 397 g/mol. The van der Waals surface area contributed by atoms with Gasteiger partial charge >= 0.3 is 0 Å².